The summed E-state index contributed by atoms with van der Waals surface area (Å²) < 4.78 is 5.15. The van der Waals surface area contributed by atoms with Gasteiger partial charge in [-0.25, -0.2) is 0 Å². The first-order valence-corrected chi connectivity index (χ1v) is 6.43. The maximum absolute atomic E-state index is 10.2. The van der Waals surface area contributed by atoms with Crippen molar-refractivity contribution in [1.82, 2.24) is 4.98 Å². The Hall–Kier alpha value is -2.55. The molecule has 2 aromatic carbocycles. The molecule has 1 aromatic heterocycles. The SMILES string of the molecule is COc1cccc(-c2ccc3nc(C)ccc3c2)c1O. The first-order valence-electron chi connectivity index (χ1n) is 6.43. The van der Waals surface area contributed by atoms with Crippen molar-refractivity contribution >= 4 is 10.9 Å². The normalized spacial score (nSPS) is 10.7. The molecule has 0 aliphatic rings. The Morgan fingerprint density at radius 2 is 1.90 bits per heavy atom. The number of para-hydroxylation sites is 1. The topological polar surface area (TPSA) is 42.4 Å². The van der Waals surface area contributed by atoms with Gasteiger partial charge in [0.1, 0.15) is 0 Å². The van der Waals surface area contributed by atoms with Gasteiger partial charge in [-0.15, -0.1) is 0 Å². The molecule has 0 aliphatic carbocycles. The van der Waals surface area contributed by atoms with Crippen LogP contribution in [0.5, 0.6) is 11.5 Å². The van der Waals surface area contributed by atoms with Gasteiger partial charge >= 0.3 is 0 Å². The predicted octanol–water partition coefficient (Wildman–Crippen LogP) is 3.92. The number of methoxy groups -OCH3 is 1. The van der Waals surface area contributed by atoms with Crippen LogP contribution in [0.4, 0.5) is 0 Å². The zero-order valence-corrected chi connectivity index (χ0v) is 11.4. The number of ether oxygens (including phenoxy) is 1. The van der Waals surface area contributed by atoms with Gasteiger partial charge in [0.15, 0.2) is 11.5 Å². The van der Waals surface area contributed by atoms with Gasteiger partial charge in [0.05, 0.1) is 12.6 Å². The summed E-state index contributed by atoms with van der Waals surface area (Å²) in [7, 11) is 1.55. The van der Waals surface area contributed by atoms with Gasteiger partial charge in [-0.3, -0.25) is 4.98 Å². The molecule has 3 heteroatoms. The first-order chi connectivity index (χ1) is 9.69. The van der Waals surface area contributed by atoms with Crippen molar-refractivity contribution in [3.8, 4) is 22.6 Å². The fourth-order valence-electron chi connectivity index (χ4n) is 2.31. The minimum atomic E-state index is 0.162. The summed E-state index contributed by atoms with van der Waals surface area (Å²) in [6.07, 6.45) is 0. The number of aromatic nitrogens is 1. The van der Waals surface area contributed by atoms with Crippen LogP contribution in [0.15, 0.2) is 48.5 Å². The molecular weight excluding hydrogens is 250 g/mol. The van der Waals surface area contributed by atoms with Gasteiger partial charge in [-0.05, 0) is 36.8 Å². The second-order valence-electron chi connectivity index (χ2n) is 4.72. The molecule has 0 spiro atoms. The van der Waals surface area contributed by atoms with E-state index in [9.17, 15) is 5.11 Å². The lowest BCUT2D eigenvalue weighted by Gasteiger charge is -2.09. The number of phenolic OH excluding ortho intramolecular Hbond substituents is 1. The van der Waals surface area contributed by atoms with Crippen LogP contribution in [0, 0.1) is 6.92 Å². The molecule has 3 nitrogen and oxygen atoms in total. The van der Waals surface area contributed by atoms with Crippen LogP contribution < -0.4 is 4.74 Å². The standard InChI is InChI=1S/C17H15NO2/c1-11-6-7-13-10-12(8-9-15(13)18-11)14-4-3-5-16(20-2)17(14)19/h3-10,19H,1-2H3. The molecule has 0 atom stereocenters. The number of nitrogens with zero attached hydrogens (tertiary/aromatic N) is 1. The highest BCUT2D eigenvalue weighted by atomic mass is 16.5. The molecule has 0 radical (unpaired) electrons. The summed E-state index contributed by atoms with van der Waals surface area (Å²) in [5.41, 5.74) is 3.65. The van der Waals surface area contributed by atoms with Crippen LogP contribution in [0.25, 0.3) is 22.0 Å². The van der Waals surface area contributed by atoms with Gasteiger partial charge in [0, 0.05) is 16.6 Å². The maximum atomic E-state index is 10.2. The van der Waals surface area contributed by atoms with Crippen molar-refractivity contribution in [3.63, 3.8) is 0 Å². The van der Waals surface area contributed by atoms with Crippen molar-refractivity contribution in [2.45, 2.75) is 6.92 Å². The van der Waals surface area contributed by atoms with Gasteiger partial charge in [-0.1, -0.05) is 24.3 Å². The Balaban J connectivity index is 2.17. The molecule has 0 saturated carbocycles. The summed E-state index contributed by atoms with van der Waals surface area (Å²) in [5.74, 6) is 0.638. The van der Waals surface area contributed by atoms with E-state index < -0.39 is 0 Å². The summed E-state index contributed by atoms with van der Waals surface area (Å²) >= 11 is 0. The van der Waals surface area contributed by atoms with Gasteiger partial charge in [0.2, 0.25) is 0 Å². The van der Waals surface area contributed by atoms with Gasteiger partial charge in [-0.2, -0.15) is 0 Å². The highest BCUT2D eigenvalue weighted by Gasteiger charge is 2.09. The number of rotatable bonds is 2. The van der Waals surface area contributed by atoms with E-state index >= 15 is 0 Å². The van der Waals surface area contributed by atoms with Crippen molar-refractivity contribution < 1.29 is 9.84 Å². The van der Waals surface area contributed by atoms with E-state index in [1.54, 1.807) is 13.2 Å². The molecule has 0 bridgehead atoms. The lowest BCUT2D eigenvalue weighted by Crippen LogP contribution is -1.87. The molecule has 3 aromatic rings. The zero-order valence-electron chi connectivity index (χ0n) is 11.4. The fourth-order valence-corrected chi connectivity index (χ4v) is 2.31. The van der Waals surface area contributed by atoms with Crippen LogP contribution in [0.2, 0.25) is 0 Å². The molecule has 100 valence electrons. The molecule has 1 N–H and O–H groups in total. The Morgan fingerprint density at radius 3 is 2.70 bits per heavy atom. The molecule has 0 unspecified atom stereocenters. The summed E-state index contributed by atoms with van der Waals surface area (Å²) in [5, 5.41) is 11.3. The number of hydrogen-bond acceptors (Lipinski definition) is 3. The van der Waals surface area contributed by atoms with Crippen LogP contribution in [-0.4, -0.2) is 17.2 Å². The lowest BCUT2D eigenvalue weighted by molar-refractivity contribution is 0.374. The van der Waals surface area contributed by atoms with E-state index in [1.165, 1.54) is 0 Å². The van der Waals surface area contributed by atoms with E-state index in [1.807, 2.05) is 49.4 Å². The van der Waals surface area contributed by atoms with E-state index in [0.717, 1.165) is 27.7 Å². The summed E-state index contributed by atoms with van der Waals surface area (Å²) in [4.78, 5) is 4.48. The second kappa shape index (κ2) is 4.85. The predicted molar refractivity (Wildman–Crippen MR) is 80.1 cm³/mol. The Labute approximate surface area is 117 Å². The van der Waals surface area contributed by atoms with Gasteiger partial charge in [0.25, 0.3) is 0 Å². The van der Waals surface area contributed by atoms with E-state index in [0.29, 0.717) is 5.75 Å². The van der Waals surface area contributed by atoms with Crippen molar-refractivity contribution in [1.29, 1.82) is 0 Å². The Kier molecular flexibility index (Phi) is 3.03. The average Bonchev–Trinajstić information content (AvgIpc) is 2.47. The van der Waals surface area contributed by atoms with Crippen LogP contribution in [0.3, 0.4) is 0 Å². The molecule has 0 amide bonds. The molecular formula is C17H15NO2. The smallest absolute Gasteiger partial charge is 0.165 e. The highest BCUT2D eigenvalue weighted by molar-refractivity contribution is 5.86. The summed E-state index contributed by atoms with van der Waals surface area (Å²) in [6.45, 7) is 1.97. The second-order valence-corrected chi connectivity index (χ2v) is 4.72. The molecule has 0 fully saturated rings. The number of pyridine rings is 1. The van der Waals surface area contributed by atoms with Crippen molar-refractivity contribution in [2.75, 3.05) is 7.11 Å². The number of fused-ring (bicyclic) bond motifs is 1. The summed E-state index contributed by atoms with van der Waals surface area (Å²) in [6, 6.07) is 15.5. The third kappa shape index (κ3) is 2.07. The Bertz CT molecular complexity index is 781. The molecule has 1 heterocycles. The van der Waals surface area contributed by atoms with E-state index in [2.05, 4.69) is 4.98 Å². The maximum Gasteiger partial charge on any atom is 0.165 e. The number of aryl methyl sites for hydroxylation is 1. The molecule has 0 aliphatic heterocycles. The minimum absolute atomic E-state index is 0.162. The van der Waals surface area contributed by atoms with E-state index in [4.69, 9.17) is 4.74 Å². The molecule has 0 saturated heterocycles. The van der Waals surface area contributed by atoms with Crippen LogP contribution >= 0.6 is 0 Å². The monoisotopic (exact) mass is 265 g/mol. The minimum Gasteiger partial charge on any atom is -0.504 e. The third-order valence-electron chi connectivity index (χ3n) is 3.36. The Morgan fingerprint density at radius 1 is 1.05 bits per heavy atom. The highest BCUT2D eigenvalue weighted by Crippen LogP contribution is 2.37. The number of benzene rings is 2. The number of hydrogen-bond donors (Lipinski definition) is 1. The van der Waals surface area contributed by atoms with Crippen molar-refractivity contribution in [2.24, 2.45) is 0 Å². The third-order valence-corrected chi connectivity index (χ3v) is 3.36. The average molecular weight is 265 g/mol. The fraction of sp³-hybridized carbons (Fsp3) is 0.118. The number of phenols is 1. The zero-order chi connectivity index (χ0) is 14.1. The molecule has 20 heavy (non-hydrogen) atoms. The number of aromatic hydroxyl groups is 1. The van der Waals surface area contributed by atoms with Gasteiger partial charge < -0.3 is 9.84 Å². The quantitative estimate of drug-likeness (QED) is 0.763. The van der Waals surface area contributed by atoms with Crippen LogP contribution in [-0.2, 0) is 0 Å². The van der Waals surface area contributed by atoms with Crippen molar-refractivity contribution in [3.05, 3.63) is 54.2 Å². The van der Waals surface area contributed by atoms with Crippen LogP contribution in [0.1, 0.15) is 5.69 Å². The lowest BCUT2D eigenvalue weighted by atomic mass is 10.0. The molecule has 3 rings (SSSR count). The first kappa shape index (κ1) is 12.5. The largest absolute Gasteiger partial charge is 0.504 e. The van der Waals surface area contributed by atoms with E-state index in [-0.39, 0.29) is 5.75 Å².